The molecule has 0 saturated carbocycles. The van der Waals surface area contributed by atoms with Gasteiger partial charge in [-0.2, -0.15) is 0 Å². The quantitative estimate of drug-likeness (QED) is 0.201. The summed E-state index contributed by atoms with van der Waals surface area (Å²) in [5.41, 5.74) is 13.3. The summed E-state index contributed by atoms with van der Waals surface area (Å²) in [5, 5.41) is 0. The predicted octanol–water partition coefficient (Wildman–Crippen LogP) is 10.1. The van der Waals surface area contributed by atoms with Crippen molar-refractivity contribution in [2.24, 2.45) is 0 Å². The van der Waals surface area contributed by atoms with Crippen LogP contribution in [0.5, 0.6) is 0 Å². The normalized spacial score (nSPS) is 13.0. The van der Waals surface area contributed by atoms with Crippen molar-refractivity contribution in [1.29, 1.82) is 0 Å². The molecule has 216 valence electrons. The van der Waals surface area contributed by atoms with Crippen LogP contribution < -0.4 is 0 Å². The molecule has 46 heavy (non-hydrogen) atoms. The van der Waals surface area contributed by atoms with Crippen molar-refractivity contribution in [1.82, 2.24) is 14.5 Å². The molecular weight excluding hydrogens is 558 g/mol. The van der Waals surface area contributed by atoms with Crippen molar-refractivity contribution >= 4 is 11.0 Å². The lowest BCUT2D eigenvalue weighted by Gasteiger charge is -2.41. The molecule has 0 fully saturated rings. The molecule has 8 aromatic rings. The topological polar surface area (TPSA) is 30.7 Å². The maximum absolute atomic E-state index is 5.25. The van der Waals surface area contributed by atoms with E-state index in [4.69, 9.17) is 4.98 Å². The Morgan fingerprint density at radius 1 is 0.457 bits per heavy atom. The first kappa shape index (κ1) is 26.4. The molecule has 6 aromatic carbocycles. The van der Waals surface area contributed by atoms with Crippen molar-refractivity contribution in [3.05, 3.63) is 198 Å². The molecule has 3 heterocycles. The van der Waals surface area contributed by atoms with E-state index in [-0.39, 0.29) is 0 Å². The fourth-order valence-corrected chi connectivity index (χ4v) is 7.36. The van der Waals surface area contributed by atoms with Crippen molar-refractivity contribution in [3.8, 4) is 39.3 Å². The third-order valence-corrected chi connectivity index (χ3v) is 9.38. The van der Waals surface area contributed by atoms with Gasteiger partial charge < -0.3 is 0 Å². The van der Waals surface area contributed by atoms with Gasteiger partial charge in [-0.05, 0) is 74.8 Å². The zero-order valence-corrected chi connectivity index (χ0v) is 25.1. The third-order valence-electron chi connectivity index (χ3n) is 9.38. The number of fused-ring (bicyclic) bond motifs is 2. The summed E-state index contributed by atoms with van der Waals surface area (Å²) in [6, 6.07) is 58.9. The van der Waals surface area contributed by atoms with Gasteiger partial charge in [0, 0.05) is 18.0 Å². The van der Waals surface area contributed by atoms with Crippen LogP contribution in [0.25, 0.3) is 50.4 Å². The second kappa shape index (κ2) is 10.5. The van der Waals surface area contributed by atoms with Gasteiger partial charge in [-0.25, -0.2) is 4.98 Å². The Hall–Kier alpha value is -6.06. The SMILES string of the molecule is c1ccc(-c2ccc(-c3ccc4c(c3)C(c3ccccc3)(c3ccccc3)c3cccc5nc(-c6cccnc6)n-4c35)cc2)cc1. The number of para-hydroxylation sites is 1. The lowest BCUT2D eigenvalue weighted by molar-refractivity contribution is 0.726. The minimum Gasteiger partial charge on any atom is -0.292 e. The fourth-order valence-electron chi connectivity index (χ4n) is 7.36. The fraction of sp³-hybridized carbons (Fsp3) is 0.0233. The summed E-state index contributed by atoms with van der Waals surface area (Å²) in [7, 11) is 0. The van der Waals surface area contributed by atoms with Gasteiger partial charge in [-0.3, -0.25) is 9.55 Å². The molecule has 1 aliphatic heterocycles. The largest absolute Gasteiger partial charge is 0.292 e. The number of rotatable bonds is 5. The van der Waals surface area contributed by atoms with Crippen LogP contribution in [0.2, 0.25) is 0 Å². The molecule has 3 nitrogen and oxygen atoms in total. The monoisotopic (exact) mass is 587 g/mol. The lowest BCUT2D eigenvalue weighted by atomic mass is 9.63. The minimum absolute atomic E-state index is 0.570. The van der Waals surface area contributed by atoms with Crippen LogP contribution in [0.4, 0.5) is 0 Å². The highest BCUT2D eigenvalue weighted by atomic mass is 15.1. The molecule has 9 rings (SSSR count). The Bertz CT molecular complexity index is 2280. The average molecular weight is 588 g/mol. The first-order chi connectivity index (χ1) is 22.8. The molecule has 0 bridgehead atoms. The number of pyridine rings is 1. The first-order valence-corrected chi connectivity index (χ1v) is 15.7. The van der Waals surface area contributed by atoms with Crippen molar-refractivity contribution < 1.29 is 0 Å². The highest BCUT2D eigenvalue weighted by molar-refractivity contribution is 5.93. The number of benzene rings is 6. The molecule has 0 N–H and O–H groups in total. The molecule has 0 atom stereocenters. The van der Waals surface area contributed by atoms with E-state index in [9.17, 15) is 0 Å². The molecule has 0 spiro atoms. The summed E-state index contributed by atoms with van der Waals surface area (Å²) in [5.74, 6) is 0.895. The molecule has 0 amide bonds. The summed E-state index contributed by atoms with van der Waals surface area (Å²) >= 11 is 0. The Balaban J connectivity index is 1.37. The first-order valence-electron chi connectivity index (χ1n) is 15.7. The number of hydrogen-bond donors (Lipinski definition) is 0. The average Bonchev–Trinajstić information content (AvgIpc) is 3.54. The lowest BCUT2D eigenvalue weighted by Crippen LogP contribution is -2.35. The number of hydrogen-bond acceptors (Lipinski definition) is 2. The molecule has 0 aliphatic carbocycles. The Morgan fingerprint density at radius 2 is 1.04 bits per heavy atom. The molecule has 1 aliphatic rings. The van der Waals surface area contributed by atoms with Gasteiger partial charge in [-0.1, -0.05) is 133 Å². The van der Waals surface area contributed by atoms with Gasteiger partial charge in [0.25, 0.3) is 0 Å². The smallest absolute Gasteiger partial charge is 0.147 e. The van der Waals surface area contributed by atoms with Crippen molar-refractivity contribution in [2.75, 3.05) is 0 Å². The van der Waals surface area contributed by atoms with E-state index in [2.05, 4.69) is 167 Å². The standard InChI is InChI=1S/C43H29N3/c1-4-12-30(13-5-1)31-21-23-32(24-22-31)33-25-26-40-38(28-33)43(35-15-6-2-7-16-35,36-17-8-3-9-18-36)37-19-10-20-39-41(37)46(40)42(45-39)34-14-11-27-44-29-34/h1-29H. The molecular formula is C43H29N3. The molecule has 0 saturated heterocycles. The van der Waals surface area contributed by atoms with E-state index in [0.717, 1.165) is 28.1 Å². The minimum atomic E-state index is -0.570. The zero-order chi connectivity index (χ0) is 30.5. The van der Waals surface area contributed by atoms with Gasteiger partial charge >= 0.3 is 0 Å². The van der Waals surface area contributed by atoms with Crippen LogP contribution in [-0.4, -0.2) is 14.5 Å². The second-order valence-corrected chi connectivity index (χ2v) is 11.8. The molecule has 0 radical (unpaired) electrons. The van der Waals surface area contributed by atoms with Crippen LogP contribution >= 0.6 is 0 Å². The van der Waals surface area contributed by atoms with Gasteiger partial charge in [0.1, 0.15) is 5.82 Å². The van der Waals surface area contributed by atoms with Crippen LogP contribution in [0, 0.1) is 0 Å². The van der Waals surface area contributed by atoms with Gasteiger partial charge in [0.2, 0.25) is 0 Å². The van der Waals surface area contributed by atoms with Crippen molar-refractivity contribution in [3.63, 3.8) is 0 Å². The summed E-state index contributed by atoms with van der Waals surface area (Å²) in [6.45, 7) is 0. The third kappa shape index (κ3) is 3.92. The maximum atomic E-state index is 5.25. The summed E-state index contributed by atoms with van der Waals surface area (Å²) in [6.07, 6.45) is 3.72. The highest BCUT2D eigenvalue weighted by Gasteiger charge is 2.45. The van der Waals surface area contributed by atoms with E-state index >= 15 is 0 Å². The Kier molecular flexibility index (Phi) is 6.04. The van der Waals surface area contributed by atoms with Crippen LogP contribution in [-0.2, 0) is 5.41 Å². The molecule has 2 aromatic heterocycles. The van der Waals surface area contributed by atoms with E-state index in [1.54, 1.807) is 0 Å². The molecule has 3 heteroatoms. The van der Waals surface area contributed by atoms with E-state index in [0.29, 0.717) is 0 Å². The molecule has 0 unspecified atom stereocenters. The number of nitrogens with zero attached hydrogens (tertiary/aromatic N) is 3. The highest BCUT2D eigenvalue weighted by Crippen LogP contribution is 2.54. The van der Waals surface area contributed by atoms with Crippen LogP contribution in [0.3, 0.4) is 0 Å². The van der Waals surface area contributed by atoms with E-state index in [1.165, 1.54) is 44.5 Å². The maximum Gasteiger partial charge on any atom is 0.147 e. The van der Waals surface area contributed by atoms with Crippen LogP contribution in [0.15, 0.2) is 176 Å². The zero-order valence-electron chi connectivity index (χ0n) is 25.1. The van der Waals surface area contributed by atoms with E-state index < -0.39 is 5.41 Å². The summed E-state index contributed by atoms with van der Waals surface area (Å²) in [4.78, 5) is 9.70. The number of imidazole rings is 1. The predicted molar refractivity (Wildman–Crippen MR) is 187 cm³/mol. The Labute approximate surface area is 268 Å². The second-order valence-electron chi connectivity index (χ2n) is 11.8. The van der Waals surface area contributed by atoms with E-state index in [1.807, 2.05) is 18.5 Å². The van der Waals surface area contributed by atoms with Gasteiger partial charge in [0.15, 0.2) is 0 Å². The van der Waals surface area contributed by atoms with Gasteiger partial charge in [0.05, 0.1) is 22.1 Å². The van der Waals surface area contributed by atoms with Gasteiger partial charge in [-0.15, -0.1) is 0 Å². The van der Waals surface area contributed by atoms with Crippen LogP contribution in [0.1, 0.15) is 22.3 Å². The van der Waals surface area contributed by atoms with Crippen molar-refractivity contribution in [2.45, 2.75) is 5.41 Å². The number of aromatic nitrogens is 3. The summed E-state index contributed by atoms with van der Waals surface area (Å²) < 4.78 is 2.35. The Morgan fingerprint density at radius 3 is 1.70 bits per heavy atom.